The number of anilines is 1. The second kappa shape index (κ2) is 11.0. The van der Waals surface area contributed by atoms with Gasteiger partial charge in [0.2, 0.25) is 0 Å². The zero-order chi connectivity index (χ0) is 20.9. The number of rotatable bonds is 4. The van der Waals surface area contributed by atoms with Crippen LogP contribution in [-0.2, 0) is 6.42 Å². The van der Waals surface area contributed by atoms with Crippen molar-refractivity contribution in [2.24, 2.45) is 4.99 Å². The molecule has 2 aliphatic heterocycles. The maximum absolute atomic E-state index is 10.1. The Bertz CT molecular complexity index is 920. The van der Waals surface area contributed by atoms with Gasteiger partial charge in [-0.2, -0.15) is 0 Å². The summed E-state index contributed by atoms with van der Waals surface area (Å²) in [4.78, 5) is 8.89. The van der Waals surface area contributed by atoms with Gasteiger partial charge in [0.1, 0.15) is 19.0 Å². The third-order valence-electron chi connectivity index (χ3n) is 5.37. The molecule has 2 aromatic carbocycles. The molecule has 1 saturated heterocycles. The summed E-state index contributed by atoms with van der Waals surface area (Å²) in [7, 11) is 1.80. The smallest absolute Gasteiger partial charge is 0.193 e. The summed E-state index contributed by atoms with van der Waals surface area (Å²) >= 11 is 6.33. The van der Waals surface area contributed by atoms with Crippen molar-refractivity contribution in [3.8, 4) is 17.2 Å². The summed E-state index contributed by atoms with van der Waals surface area (Å²) < 4.78 is 11.2. The number of ether oxygens (including phenoxy) is 2. The summed E-state index contributed by atoms with van der Waals surface area (Å²) in [5.41, 5.74) is 1.98. The lowest BCUT2D eigenvalue weighted by atomic mass is 10.1. The van der Waals surface area contributed by atoms with Crippen molar-refractivity contribution in [1.82, 2.24) is 10.2 Å². The number of phenols is 1. The molecule has 0 atom stereocenters. The molecule has 0 aromatic heterocycles. The van der Waals surface area contributed by atoms with E-state index in [1.807, 2.05) is 30.3 Å². The van der Waals surface area contributed by atoms with E-state index in [-0.39, 0.29) is 24.0 Å². The first-order valence-corrected chi connectivity index (χ1v) is 10.6. The SMILES string of the molecule is CN=C(NCCc1cc(Cl)c2c(c1)OCCO2)N1CCN(c2ccccc2O)CC1.I. The number of guanidine groups is 1. The van der Waals surface area contributed by atoms with Gasteiger partial charge in [-0.15, -0.1) is 24.0 Å². The van der Waals surface area contributed by atoms with Crippen LogP contribution in [0.25, 0.3) is 0 Å². The number of nitrogens with one attached hydrogen (secondary N) is 1. The number of hydrogen-bond donors (Lipinski definition) is 2. The molecule has 0 unspecified atom stereocenters. The Balaban J connectivity index is 0.00000272. The van der Waals surface area contributed by atoms with Crippen molar-refractivity contribution in [3.05, 3.63) is 47.0 Å². The van der Waals surface area contributed by atoms with E-state index in [9.17, 15) is 5.11 Å². The van der Waals surface area contributed by atoms with E-state index in [0.717, 1.165) is 56.4 Å². The fourth-order valence-electron chi connectivity index (χ4n) is 3.85. The maximum Gasteiger partial charge on any atom is 0.193 e. The van der Waals surface area contributed by atoms with Gasteiger partial charge < -0.3 is 29.7 Å². The van der Waals surface area contributed by atoms with Crippen molar-refractivity contribution >= 4 is 47.2 Å². The molecule has 2 aromatic rings. The monoisotopic (exact) mass is 558 g/mol. The molecule has 1 fully saturated rings. The summed E-state index contributed by atoms with van der Waals surface area (Å²) in [6, 6.07) is 11.4. The van der Waals surface area contributed by atoms with Crippen molar-refractivity contribution < 1.29 is 14.6 Å². The van der Waals surface area contributed by atoms with Gasteiger partial charge in [0.25, 0.3) is 0 Å². The van der Waals surface area contributed by atoms with Crippen LogP contribution in [0.15, 0.2) is 41.4 Å². The summed E-state index contributed by atoms with van der Waals surface area (Å²) in [6.45, 7) is 5.15. The van der Waals surface area contributed by atoms with Crippen molar-refractivity contribution in [1.29, 1.82) is 0 Å². The number of halogens is 2. The Kier molecular flexibility index (Phi) is 8.36. The lowest BCUT2D eigenvalue weighted by molar-refractivity contribution is 0.171. The molecule has 2 heterocycles. The van der Waals surface area contributed by atoms with Crippen LogP contribution in [0.4, 0.5) is 5.69 Å². The van der Waals surface area contributed by atoms with Gasteiger partial charge in [0.15, 0.2) is 17.5 Å². The standard InChI is InChI=1S/C22H27ClN4O3.HI/c1-24-22(27-10-8-26(9-11-27)18-4-2-3-5-19(18)28)25-7-6-16-14-17(23)21-20(15-16)29-12-13-30-21;/h2-5,14-15,28H,6-13H2,1H3,(H,24,25);1H. The van der Waals surface area contributed by atoms with Crippen LogP contribution >= 0.6 is 35.6 Å². The highest BCUT2D eigenvalue weighted by atomic mass is 127. The van der Waals surface area contributed by atoms with Gasteiger partial charge in [-0.05, 0) is 36.2 Å². The van der Waals surface area contributed by atoms with Gasteiger partial charge in [-0.3, -0.25) is 4.99 Å². The molecule has 4 rings (SSSR count). The molecule has 0 saturated carbocycles. The Hall–Kier alpha value is -2.07. The minimum Gasteiger partial charge on any atom is -0.506 e. The molecule has 168 valence electrons. The molecular weight excluding hydrogens is 531 g/mol. The highest BCUT2D eigenvalue weighted by Crippen LogP contribution is 2.38. The number of para-hydroxylation sites is 2. The maximum atomic E-state index is 10.1. The number of aliphatic imine (C=N–C) groups is 1. The lowest BCUT2D eigenvalue weighted by Crippen LogP contribution is -2.52. The number of hydrogen-bond acceptors (Lipinski definition) is 5. The molecule has 7 nitrogen and oxygen atoms in total. The van der Waals surface area contributed by atoms with Crippen LogP contribution in [-0.4, -0.2) is 69.0 Å². The number of nitrogens with zero attached hydrogens (tertiary/aromatic N) is 3. The van der Waals surface area contributed by atoms with Crippen LogP contribution in [0.3, 0.4) is 0 Å². The Morgan fingerprint density at radius 2 is 1.87 bits per heavy atom. The summed E-state index contributed by atoms with van der Waals surface area (Å²) in [6.07, 6.45) is 0.799. The molecule has 0 bridgehead atoms. The van der Waals surface area contributed by atoms with Crippen LogP contribution in [0.5, 0.6) is 17.2 Å². The molecule has 0 aliphatic carbocycles. The minimum absolute atomic E-state index is 0. The van der Waals surface area contributed by atoms with Crippen LogP contribution in [0, 0.1) is 0 Å². The zero-order valence-electron chi connectivity index (χ0n) is 17.5. The highest BCUT2D eigenvalue weighted by molar-refractivity contribution is 14.0. The van der Waals surface area contributed by atoms with Gasteiger partial charge >= 0.3 is 0 Å². The van der Waals surface area contributed by atoms with E-state index in [1.54, 1.807) is 13.1 Å². The van der Waals surface area contributed by atoms with E-state index in [0.29, 0.717) is 35.5 Å². The fraction of sp³-hybridized carbons (Fsp3) is 0.409. The second-order valence-corrected chi connectivity index (χ2v) is 7.70. The van der Waals surface area contributed by atoms with Crippen molar-refractivity contribution in [2.45, 2.75) is 6.42 Å². The number of phenolic OH excluding ortho intramolecular Hbond substituents is 1. The molecule has 9 heteroatoms. The molecular formula is C22H28ClIN4O3. The average molecular weight is 559 g/mol. The first-order valence-electron chi connectivity index (χ1n) is 10.2. The molecule has 2 N–H and O–H groups in total. The molecule has 2 aliphatic rings. The van der Waals surface area contributed by atoms with Gasteiger partial charge in [0.05, 0.1) is 10.7 Å². The van der Waals surface area contributed by atoms with Gasteiger partial charge in [-0.25, -0.2) is 0 Å². The van der Waals surface area contributed by atoms with Crippen LogP contribution < -0.4 is 19.7 Å². The third kappa shape index (κ3) is 5.60. The first-order chi connectivity index (χ1) is 14.7. The largest absolute Gasteiger partial charge is 0.506 e. The second-order valence-electron chi connectivity index (χ2n) is 7.29. The predicted octanol–water partition coefficient (Wildman–Crippen LogP) is 3.37. The van der Waals surface area contributed by atoms with Gasteiger partial charge in [0, 0.05) is 39.8 Å². The molecule has 0 amide bonds. The third-order valence-corrected chi connectivity index (χ3v) is 5.65. The number of benzene rings is 2. The fourth-order valence-corrected chi connectivity index (χ4v) is 4.14. The van der Waals surface area contributed by atoms with Gasteiger partial charge in [-0.1, -0.05) is 23.7 Å². The zero-order valence-corrected chi connectivity index (χ0v) is 20.6. The van der Waals surface area contributed by atoms with E-state index in [4.69, 9.17) is 21.1 Å². The Morgan fingerprint density at radius 3 is 2.61 bits per heavy atom. The van der Waals surface area contributed by atoms with Crippen molar-refractivity contribution in [3.63, 3.8) is 0 Å². The molecule has 31 heavy (non-hydrogen) atoms. The lowest BCUT2D eigenvalue weighted by Gasteiger charge is -2.37. The predicted molar refractivity (Wildman–Crippen MR) is 135 cm³/mol. The Morgan fingerprint density at radius 1 is 1.13 bits per heavy atom. The summed E-state index contributed by atoms with van der Waals surface area (Å²) in [5, 5.41) is 14.1. The Labute approximate surface area is 205 Å². The van der Waals surface area contributed by atoms with E-state index in [1.165, 1.54) is 0 Å². The van der Waals surface area contributed by atoms with E-state index >= 15 is 0 Å². The minimum atomic E-state index is 0. The highest BCUT2D eigenvalue weighted by Gasteiger charge is 2.21. The topological polar surface area (TPSA) is 69.6 Å². The average Bonchev–Trinajstić information content (AvgIpc) is 2.77. The quantitative estimate of drug-likeness (QED) is 0.341. The molecule has 0 spiro atoms. The molecule has 0 radical (unpaired) electrons. The summed E-state index contributed by atoms with van der Waals surface area (Å²) in [5.74, 6) is 2.56. The number of piperazine rings is 1. The normalized spacial score (nSPS) is 16.0. The van der Waals surface area contributed by atoms with E-state index < -0.39 is 0 Å². The van der Waals surface area contributed by atoms with E-state index in [2.05, 4.69) is 20.1 Å². The van der Waals surface area contributed by atoms with Crippen LogP contribution in [0.1, 0.15) is 5.56 Å². The first kappa shape index (κ1) is 23.6. The van der Waals surface area contributed by atoms with Crippen molar-refractivity contribution in [2.75, 3.05) is 57.9 Å². The number of fused-ring (bicyclic) bond motifs is 1. The number of aromatic hydroxyl groups is 1. The van der Waals surface area contributed by atoms with Crippen LogP contribution in [0.2, 0.25) is 5.02 Å².